The zero-order valence-corrected chi connectivity index (χ0v) is 22.6. The number of carbonyl (C=O) groups is 3. The standard InChI is InChI=1S/C25H40N4O3.C2HF3O2/c1-25(2,32)24(31)29-22(23(30)28-16-17-13-14-20(26)27-15-17)21(18-9-5-3-6-10-18)19-11-7-4-8-12-19;3-2(4,5)1(6)7/h13-15,18-19,21-22,32H,3-12,16H2,1-2H3,(H2,26,27)(H,28,30)(H,29,31);(H,6,7)/t22-;/m1./s1. The summed E-state index contributed by atoms with van der Waals surface area (Å²) >= 11 is 0. The Bertz CT molecular complexity index is 920. The number of aliphatic hydroxyl groups is 1. The summed E-state index contributed by atoms with van der Waals surface area (Å²) in [7, 11) is 0. The van der Waals surface area contributed by atoms with Crippen LogP contribution >= 0.6 is 0 Å². The number of amides is 2. The van der Waals surface area contributed by atoms with E-state index in [4.69, 9.17) is 15.6 Å². The normalized spacial score (nSPS) is 18.0. The van der Waals surface area contributed by atoms with Crippen LogP contribution in [0.15, 0.2) is 18.3 Å². The second-order valence-electron chi connectivity index (χ2n) is 11.0. The SMILES string of the molecule is CC(C)(O)C(=O)N[C@@H](C(=O)NCc1ccc(N)nc1)C(C1CCCCC1)C1CCCCC1.O=C(O)C(F)(F)F. The Kier molecular flexibility index (Phi) is 12.0. The molecule has 1 heterocycles. The number of carboxylic acids is 1. The van der Waals surface area contributed by atoms with Crippen molar-refractivity contribution in [2.75, 3.05) is 5.73 Å². The molecule has 0 unspecified atom stereocenters. The molecule has 0 radical (unpaired) electrons. The first-order valence-electron chi connectivity index (χ1n) is 13.5. The third kappa shape index (κ3) is 10.7. The highest BCUT2D eigenvalue weighted by Crippen LogP contribution is 2.42. The van der Waals surface area contributed by atoms with Gasteiger partial charge < -0.3 is 26.6 Å². The molecular formula is C27H41F3N4O5. The largest absolute Gasteiger partial charge is 0.490 e. The molecule has 0 saturated heterocycles. The molecule has 1 atom stereocenters. The van der Waals surface area contributed by atoms with Crippen molar-refractivity contribution in [1.82, 2.24) is 15.6 Å². The highest BCUT2D eigenvalue weighted by Gasteiger charge is 2.42. The fourth-order valence-electron chi connectivity index (χ4n) is 5.46. The average Bonchev–Trinajstić information content (AvgIpc) is 2.88. The molecule has 0 bridgehead atoms. The van der Waals surface area contributed by atoms with Gasteiger partial charge in [0, 0.05) is 12.7 Å². The molecular weight excluding hydrogens is 517 g/mol. The Labute approximate surface area is 227 Å². The molecule has 3 rings (SSSR count). The Balaban J connectivity index is 0.000000673. The van der Waals surface area contributed by atoms with Gasteiger partial charge >= 0.3 is 12.1 Å². The molecule has 2 amide bonds. The third-order valence-electron chi connectivity index (χ3n) is 7.45. The molecule has 1 aromatic heterocycles. The lowest BCUT2D eigenvalue weighted by atomic mass is 9.66. The van der Waals surface area contributed by atoms with Crippen LogP contribution in [0.3, 0.4) is 0 Å². The first-order valence-corrected chi connectivity index (χ1v) is 13.5. The van der Waals surface area contributed by atoms with Crippen LogP contribution in [-0.4, -0.2) is 50.8 Å². The van der Waals surface area contributed by atoms with Crippen molar-refractivity contribution < 1.29 is 37.8 Å². The lowest BCUT2D eigenvalue weighted by Crippen LogP contribution is -2.58. The highest BCUT2D eigenvalue weighted by atomic mass is 19.4. The lowest BCUT2D eigenvalue weighted by molar-refractivity contribution is -0.192. The Hall–Kier alpha value is -2.89. The first-order chi connectivity index (χ1) is 18.2. The predicted molar refractivity (Wildman–Crippen MR) is 139 cm³/mol. The van der Waals surface area contributed by atoms with Gasteiger partial charge in [-0.2, -0.15) is 13.2 Å². The van der Waals surface area contributed by atoms with Gasteiger partial charge in [0.05, 0.1) is 0 Å². The van der Waals surface area contributed by atoms with E-state index in [-0.39, 0.29) is 11.8 Å². The van der Waals surface area contributed by atoms with E-state index in [1.165, 1.54) is 52.4 Å². The first kappa shape index (κ1) is 32.3. The van der Waals surface area contributed by atoms with Gasteiger partial charge in [0.2, 0.25) is 5.91 Å². The number of nitrogen functional groups attached to an aromatic ring is 1. The number of aliphatic carboxylic acids is 1. The van der Waals surface area contributed by atoms with Crippen LogP contribution in [0.25, 0.3) is 0 Å². The van der Waals surface area contributed by atoms with E-state index in [1.54, 1.807) is 12.3 Å². The van der Waals surface area contributed by atoms with Gasteiger partial charge in [-0.3, -0.25) is 9.59 Å². The minimum atomic E-state index is -5.08. The van der Waals surface area contributed by atoms with Gasteiger partial charge in [-0.1, -0.05) is 70.3 Å². The van der Waals surface area contributed by atoms with Gasteiger partial charge in [0.15, 0.2) is 0 Å². The summed E-state index contributed by atoms with van der Waals surface area (Å²) in [4.78, 5) is 39.3. The van der Waals surface area contributed by atoms with Crippen LogP contribution in [0.5, 0.6) is 0 Å². The summed E-state index contributed by atoms with van der Waals surface area (Å²) in [6, 6.07) is 2.90. The molecule has 0 spiro atoms. The smallest absolute Gasteiger partial charge is 0.475 e. The number of rotatable bonds is 8. The third-order valence-corrected chi connectivity index (χ3v) is 7.45. The summed E-state index contributed by atoms with van der Waals surface area (Å²) < 4.78 is 31.7. The number of hydrogen-bond acceptors (Lipinski definition) is 6. The molecule has 0 aliphatic heterocycles. The van der Waals surface area contributed by atoms with Crippen LogP contribution in [0.1, 0.15) is 83.6 Å². The number of hydrogen-bond donors (Lipinski definition) is 5. The van der Waals surface area contributed by atoms with E-state index >= 15 is 0 Å². The summed E-state index contributed by atoms with van der Waals surface area (Å²) in [6.45, 7) is 3.25. The Morgan fingerprint density at radius 2 is 1.49 bits per heavy atom. The van der Waals surface area contributed by atoms with E-state index in [1.807, 2.05) is 6.07 Å². The van der Waals surface area contributed by atoms with Crippen LogP contribution in [-0.2, 0) is 20.9 Å². The summed E-state index contributed by atoms with van der Waals surface area (Å²) in [5.74, 6) is -2.07. The van der Waals surface area contributed by atoms with Crippen LogP contribution in [0.4, 0.5) is 19.0 Å². The molecule has 2 aliphatic carbocycles. The maximum Gasteiger partial charge on any atom is 0.490 e. The van der Waals surface area contributed by atoms with E-state index in [0.29, 0.717) is 24.2 Å². The number of carbonyl (C=O) groups excluding carboxylic acids is 2. The monoisotopic (exact) mass is 558 g/mol. The lowest BCUT2D eigenvalue weighted by Gasteiger charge is -2.42. The fourth-order valence-corrected chi connectivity index (χ4v) is 5.46. The Morgan fingerprint density at radius 1 is 1.00 bits per heavy atom. The van der Waals surface area contributed by atoms with Crippen molar-refractivity contribution in [2.24, 2.45) is 17.8 Å². The quantitative estimate of drug-likeness (QED) is 0.324. The number of nitrogens with zero attached hydrogens (tertiary/aromatic N) is 1. The number of alkyl halides is 3. The van der Waals surface area contributed by atoms with Crippen molar-refractivity contribution in [2.45, 2.75) is 102 Å². The molecule has 1 aromatic rings. The fraction of sp³-hybridized carbons (Fsp3) is 0.704. The number of nitrogens with one attached hydrogen (secondary N) is 2. The molecule has 39 heavy (non-hydrogen) atoms. The summed E-state index contributed by atoms with van der Waals surface area (Å²) in [6.07, 6.45) is 8.18. The number of halogens is 3. The molecule has 6 N–H and O–H groups in total. The van der Waals surface area contributed by atoms with Gasteiger partial charge in [-0.25, -0.2) is 9.78 Å². The highest BCUT2D eigenvalue weighted by molar-refractivity contribution is 5.91. The zero-order chi connectivity index (χ0) is 29.2. The zero-order valence-electron chi connectivity index (χ0n) is 22.6. The molecule has 2 saturated carbocycles. The van der Waals surface area contributed by atoms with E-state index in [9.17, 15) is 27.9 Å². The number of pyridine rings is 1. The molecule has 12 heteroatoms. The van der Waals surface area contributed by atoms with Crippen LogP contribution in [0, 0.1) is 17.8 Å². The number of aromatic nitrogens is 1. The number of nitrogens with two attached hydrogens (primary N) is 1. The maximum absolute atomic E-state index is 13.5. The van der Waals surface area contributed by atoms with Crippen molar-refractivity contribution >= 4 is 23.6 Å². The van der Waals surface area contributed by atoms with E-state index < -0.39 is 29.7 Å². The van der Waals surface area contributed by atoms with Crippen molar-refractivity contribution in [3.8, 4) is 0 Å². The maximum atomic E-state index is 13.5. The van der Waals surface area contributed by atoms with E-state index in [0.717, 1.165) is 31.2 Å². The minimum absolute atomic E-state index is 0.0893. The molecule has 9 nitrogen and oxygen atoms in total. The summed E-state index contributed by atoms with van der Waals surface area (Å²) in [5.41, 5.74) is 4.98. The number of anilines is 1. The van der Waals surface area contributed by atoms with Crippen molar-refractivity contribution in [1.29, 1.82) is 0 Å². The van der Waals surface area contributed by atoms with E-state index in [2.05, 4.69) is 15.6 Å². The van der Waals surface area contributed by atoms with Crippen LogP contribution in [0.2, 0.25) is 0 Å². The van der Waals surface area contributed by atoms with Gasteiger partial charge in [-0.05, 0) is 43.2 Å². The molecule has 220 valence electrons. The number of carboxylic acid groups (broad SMARTS) is 1. The summed E-state index contributed by atoms with van der Waals surface area (Å²) in [5, 5.41) is 23.4. The van der Waals surface area contributed by atoms with Gasteiger partial charge in [-0.15, -0.1) is 0 Å². The Morgan fingerprint density at radius 3 is 1.87 bits per heavy atom. The second-order valence-corrected chi connectivity index (χ2v) is 11.0. The van der Waals surface area contributed by atoms with Crippen molar-refractivity contribution in [3.63, 3.8) is 0 Å². The van der Waals surface area contributed by atoms with Crippen LogP contribution < -0.4 is 16.4 Å². The molecule has 0 aromatic carbocycles. The molecule has 2 fully saturated rings. The van der Waals surface area contributed by atoms with Crippen molar-refractivity contribution in [3.05, 3.63) is 23.9 Å². The second kappa shape index (κ2) is 14.5. The average molecular weight is 559 g/mol. The van der Waals surface area contributed by atoms with Gasteiger partial charge in [0.25, 0.3) is 5.91 Å². The van der Waals surface area contributed by atoms with Gasteiger partial charge in [0.1, 0.15) is 17.5 Å². The molecule has 2 aliphatic rings. The minimum Gasteiger partial charge on any atom is -0.475 e. The predicted octanol–water partition coefficient (Wildman–Crippen LogP) is 3.95. The topological polar surface area (TPSA) is 155 Å².